The number of aromatic nitrogens is 1. The summed E-state index contributed by atoms with van der Waals surface area (Å²) in [6.45, 7) is 0. The fourth-order valence-corrected chi connectivity index (χ4v) is 1.61. The number of halogens is 1. The average molecular weight is 243 g/mol. The Bertz CT molecular complexity index is 600. The van der Waals surface area contributed by atoms with E-state index in [2.05, 4.69) is 4.98 Å². The van der Waals surface area contributed by atoms with Crippen LogP contribution in [0.4, 0.5) is 0 Å². The molecule has 2 aromatic rings. The average Bonchev–Trinajstić information content (AvgIpc) is 2.39. The molecule has 0 saturated carbocycles. The van der Waals surface area contributed by atoms with Gasteiger partial charge in [-0.05, 0) is 36.4 Å². The van der Waals surface area contributed by atoms with Crippen molar-refractivity contribution >= 4 is 17.4 Å². The van der Waals surface area contributed by atoms with E-state index in [0.29, 0.717) is 16.7 Å². The highest BCUT2D eigenvalue weighted by Crippen LogP contribution is 2.16. The van der Waals surface area contributed by atoms with Crippen LogP contribution in [0, 0.1) is 11.3 Å². The molecule has 17 heavy (non-hydrogen) atoms. The third-order valence-corrected chi connectivity index (χ3v) is 2.58. The molecule has 1 aromatic carbocycles. The standard InChI is InChI=1S/C13H7ClN2O/c14-13-11(2-1-7-16-13)12(17)10-5-3-9(8-15)4-6-10/h1-7H. The van der Waals surface area contributed by atoms with E-state index in [9.17, 15) is 4.79 Å². The summed E-state index contributed by atoms with van der Waals surface area (Å²) >= 11 is 5.84. The smallest absolute Gasteiger partial charge is 0.196 e. The molecule has 0 fully saturated rings. The van der Waals surface area contributed by atoms with E-state index in [0.717, 1.165) is 0 Å². The molecular weight excluding hydrogens is 236 g/mol. The Labute approximate surface area is 103 Å². The molecular formula is C13H7ClN2O. The van der Waals surface area contributed by atoms with Crippen LogP contribution in [0.15, 0.2) is 42.6 Å². The zero-order valence-corrected chi connectivity index (χ0v) is 9.48. The number of carbonyl (C=O) groups excluding carboxylic acids is 1. The van der Waals surface area contributed by atoms with Gasteiger partial charge in [0.15, 0.2) is 5.78 Å². The molecule has 1 aromatic heterocycles. The van der Waals surface area contributed by atoms with Crippen molar-refractivity contribution in [2.24, 2.45) is 0 Å². The third-order valence-electron chi connectivity index (χ3n) is 2.28. The molecule has 82 valence electrons. The van der Waals surface area contributed by atoms with Gasteiger partial charge < -0.3 is 0 Å². The van der Waals surface area contributed by atoms with Crippen molar-refractivity contribution in [2.75, 3.05) is 0 Å². The molecule has 0 amide bonds. The molecule has 0 saturated heterocycles. The molecule has 0 unspecified atom stereocenters. The Balaban J connectivity index is 2.38. The second-order valence-corrected chi connectivity index (χ2v) is 3.72. The highest BCUT2D eigenvalue weighted by atomic mass is 35.5. The van der Waals surface area contributed by atoms with Crippen LogP contribution in [0.5, 0.6) is 0 Å². The summed E-state index contributed by atoms with van der Waals surface area (Å²) in [5.74, 6) is -0.201. The summed E-state index contributed by atoms with van der Waals surface area (Å²) < 4.78 is 0. The minimum Gasteiger partial charge on any atom is -0.288 e. The topological polar surface area (TPSA) is 53.8 Å². The fourth-order valence-electron chi connectivity index (χ4n) is 1.41. The molecule has 0 radical (unpaired) electrons. The number of hydrogen-bond donors (Lipinski definition) is 0. The van der Waals surface area contributed by atoms with Gasteiger partial charge in [-0.2, -0.15) is 5.26 Å². The molecule has 0 aliphatic carbocycles. The fraction of sp³-hybridized carbons (Fsp3) is 0. The van der Waals surface area contributed by atoms with Crippen molar-refractivity contribution < 1.29 is 4.79 Å². The first-order chi connectivity index (χ1) is 8.22. The Morgan fingerprint density at radius 2 is 1.94 bits per heavy atom. The zero-order valence-electron chi connectivity index (χ0n) is 8.72. The summed E-state index contributed by atoms with van der Waals surface area (Å²) in [5, 5.41) is 8.84. The van der Waals surface area contributed by atoms with Gasteiger partial charge in [-0.25, -0.2) is 4.98 Å². The monoisotopic (exact) mass is 242 g/mol. The maximum Gasteiger partial charge on any atom is 0.196 e. The summed E-state index contributed by atoms with van der Waals surface area (Å²) in [5.41, 5.74) is 1.36. The third kappa shape index (κ3) is 2.32. The number of rotatable bonds is 2. The van der Waals surface area contributed by atoms with Gasteiger partial charge in [-0.3, -0.25) is 4.79 Å². The van der Waals surface area contributed by atoms with Crippen LogP contribution < -0.4 is 0 Å². The van der Waals surface area contributed by atoms with E-state index in [4.69, 9.17) is 16.9 Å². The summed E-state index contributed by atoms with van der Waals surface area (Å²) in [6.07, 6.45) is 1.53. The van der Waals surface area contributed by atoms with Gasteiger partial charge in [-0.15, -0.1) is 0 Å². The molecule has 0 aliphatic heterocycles. The number of nitrogens with zero attached hydrogens (tertiary/aromatic N) is 2. The van der Waals surface area contributed by atoms with Gasteiger partial charge in [0, 0.05) is 11.8 Å². The zero-order chi connectivity index (χ0) is 12.3. The van der Waals surface area contributed by atoms with Gasteiger partial charge in [0.1, 0.15) is 5.15 Å². The van der Waals surface area contributed by atoms with Crippen LogP contribution in [-0.4, -0.2) is 10.8 Å². The van der Waals surface area contributed by atoms with E-state index >= 15 is 0 Å². The number of carbonyl (C=O) groups is 1. The highest BCUT2D eigenvalue weighted by molar-refractivity contribution is 6.33. The van der Waals surface area contributed by atoms with Crippen molar-refractivity contribution in [1.82, 2.24) is 4.98 Å². The number of ketones is 1. The lowest BCUT2D eigenvalue weighted by Crippen LogP contribution is -2.02. The summed E-state index contributed by atoms with van der Waals surface area (Å²) in [6, 6.07) is 11.7. The number of nitriles is 1. The molecule has 3 nitrogen and oxygen atoms in total. The van der Waals surface area contributed by atoms with E-state index in [-0.39, 0.29) is 10.9 Å². The van der Waals surface area contributed by atoms with Crippen molar-refractivity contribution in [2.45, 2.75) is 0 Å². The first-order valence-corrected chi connectivity index (χ1v) is 5.25. The predicted molar refractivity (Wildman–Crippen MR) is 63.8 cm³/mol. The van der Waals surface area contributed by atoms with Gasteiger partial charge in [-0.1, -0.05) is 11.6 Å². The molecule has 1 heterocycles. The molecule has 0 bridgehead atoms. The first-order valence-electron chi connectivity index (χ1n) is 4.88. The van der Waals surface area contributed by atoms with Gasteiger partial charge >= 0.3 is 0 Å². The molecule has 2 rings (SSSR count). The lowest BCUT2D eigenvalue weighted by Gasteiger charge is -2.02. The van der Waals surface area contributed by atoms with Crippen LogP contribution in [0.1, 0.15) is 21.5 Å². The number of hydrogen-bond acceptors (Lipinski definition) is 3. The van der Waals surface area contributed by atoms with Crippen molar-refractivity contribution in [3.05, 3.63) is 64.4 Å². The van der Waals surface area contributed by atoms with Crippen LogP contribution in [0.3, 0.4) is 0 Å². The Hall–Kier alpha value is -2.18. The number of pyridine rings is 1. The van der Waals surface area contributed by atoms with Gasteiger partial charge in [0.05, 0.1) is 17.2 Å². The minimum absolute atomic E-state index is 0.182. The van der Waals surface area contributed by atoms with Crippen LogP contribution >= 0.6 is 11.6 Å². The molecule has 0 N–H and O–H groups in total. The normalized spacial score (nSPS) is 9.65. The SMILES string of the molecule is N#Cc1ccc(C(=O)c2cccnc2Cl)cc1. The second-order valence-electron chi connectivity index (χ2n) is 3.36. The molecule has 0 atom stereocenters. The largest absolute Gasteiger partial charge is 0.288 e. The van der Waals surface area contributed by atoms with Crippen molar-refractivity contribution in [3.63, 3.8) is 0 Å². The Morgan fingerprint density at radius 1 is 1.24 bits per heavy atom. The first kappa shape index (κ1) is 11.3. The van der Waals surface area contributed by atoms with E-state index < -0.39 is 0 Å². The Kier molecular flexibility index (Phi) is 3.17. The highest BCUT2D eigenvalue weighted by Gasteiger charge is 2.12. The van der Waals surface area contributed by atoms with E-state index in [1.807, 2.05) is 6.07 Å². The van der Waals surface area contributed by atoms with E-state index in [1.54, 1.807) is 36.4 Å². The van der Waals surface area contributed by atoms with Crippen LogP contribution in [0.2, 0.25) is 5.15 Å². The molecule has 0 spiro atoms. The maximum absolute atomic E-state index is 12.1. The van der Waals surface area contributed by atoms with Crippen molar-refractivity contribution in [1.29, 1.82) is 5.26 Å². The quantitative estimate of drug-likeness (QED) is 0.601. The van der Waals surface area contributed by atoms with Crippen molar-refractivity contribution in [3.8, 4) is 6.07 Å². The predicted octanol–water partition coefficient (Wildman–Crippen LogP) is 2.84. The molecule has 0 aliphatic rings. The Morgan fingerprint density at radius 3 is 2.53 bits per heavy atom. The van der Waals surface area contributed by atoms with E-state index in [1.165, 1.54) is 6.20 Å². The number of benzene rings is 1. The minimum atomic E-state index is -0.201. The maximum atomic E-state index is 12.1. The molecule has 4 heteroatoms. The second kappa shape index (κ2) is 4.77. The van der Waals surface area contributed by atoms with Gasteiger partial charge in [0.25, 0.3) is 0 Å². The lowest BCUT2D eigenvalue weighted by molar-refractivity contribution is 0.103. The summed E-state index contributed by atoms with van der Waals surface area (Å²) in [7, 11) is 0. The lowest BCUT2D eigenvalue weighted by atomic mass is 10.0. The van der Waals surface area contributed by atoms with Crippen LogP contribution in [-0.2, 0) is 0 Å². The van der Waals surface area contributed by atoms with Gasteiger partial charge in [0.2, 0.25) is 0 Å². The van der Waals surface area contributed by atoms with Crippen LogP contribution in [0.25, 0.3) is 0 Å². The summed E-state index contributed by atoms with van der Waals surface area (Å²) in [4.78, 5) is 15.9.